The van der Waals surface area contributed by atoms with E-state index in [2.05, 4.69) is 10.5 Å². The Bertz CT molecular complexity index is 844. The second-order valence-electron chi connectivity index (χ2n) is 7.15. The van der Waals surface area contributed by atoms with Crippen molar-refractivity contribution in [1.29, 1.82) is 0 Å². The highest BCUT2D eigenvalue weighted by Gasteiger charge is 2.25. The molecule has 0 bridgehead atoms. The van der Waals surface area contributed by atoms with Crippen LogP contribution in [0.1, 0.15) is 36.3 Å². The van der Waals surface area contributed by atoms with Gasteiger partial charge in [0.25, 0.3) is 5.91 Å². The minimum absolute atomic E-state index is 0.0672. The van der Waals surface area contributed by atoms with Crippen molar-refractivity contribution in [3.63, 3.8) is 0 Å². The van der Waals surface area contributed by atoms with Crippen molar-refractivity contribution in [3.05, 3.63) is 41.3 Å². The molecule has 1 fully saturated rings. The maximum absolute atomic E-state index is 12.5. The predicted molar refractivity (Wildman–Crippen MR) is 106 cm³/mol. The van der Waals surface area contributed by atoms with Crippen molar-refractivity contribution in [2.24, 2.45) is 0 Å². The smallest absolute Gasteiger partial charge is 0.258 e. The summed E-state index contributed by atoms with van der Waals surface area (Å²) in [6.07, 6.45) is 1.69. The molecule has 0 saturated carbocycles. The first kappa shape index (κ1) is 20.7. The number of methoxy groups -OCH3 is 1. The molecule has 1 aliphatic rings. The molecule has 3 rings (SSSR count). The van der Waals surface area contributed by atoms with E-state index in [0.717, 1.165) is 17.0 Å². The number of carbonyl (C=O) groups excluding carboxylic acids is 2. The van der Waals surface area contributed by atoms with Crippen LogP contribution < -0.4 is 14.8 Å². The molecule has 29 heavy (non-hydrogen) atoms. The number of hydrogen-bond acceptors (Lipinski definition) is 6. The van der Waals surface area contributed by atoms with E-state index in [4.69, 9.17) is 14.0 Å². The fourth-order valence-electron chi connectivity index (χ4n) is 3.42. The second kappa shape index (κ2) is 9.45. The Labute approximate surface area is 170 Å². The number of amides is 2. The van der Waals surface area contributed by atoms with Crippen molar-refractivity contribution in [3.8, 4) is 11.5 Å². The summed E-state index contributed by atoms with van der Waals surface area (Å²) in [5.74, 6) is 1.69. The minimum Gasteiger partial charge on any atom is -0.493 e. The minimum atomic E-state index is -0.215. The lowest BCUT2D eigenvalue weighted by Crippen LogP contribution is -2.38. The van der Waals surface area contributed by atoms with Crippen LogP contribution in [0.15, 0.2) is 28.8 Å². The summed E-state index contributed by atoms with van der Waals surface area (Å²) in [5, 5.41) is 6.92. The first-order chi connectivity index (χ1) is 14.0. The van der Waals surface area contributed by atoms with E-state index in [1.165, 1.54) is 0 Å². The Balaban J connectivity index is 1.51. The molecule has 1 aromatic carbocycles. The second-order valence-corrected chi connectivity index (χ2v) is 7.15. The first-order valence-corrected chi connectivity index (χ1v) is 9.72. The number of nitrogens with one attached hydrogen (secondary N) is 1. The highest BCUT2D eigenvalue weighted by atomic mass is 16.5. The molecule has 8 heteroatoms. The topological polar surface area (TPSA) is 93.9 Å². The zero-order chi connectivity index (χ0) is 20.8. The van der Waals surface area contributed by atoms with Gasteiger partial charge in [0, 0.05) is 24.6 Å². The van der Waals surface area contributed by atoms with Gasteiger partial charge in [-0.05, 0) is 38.8 Å². The van der Waals surface area contributed by atoms with Gasteiger partial charge < -0.3 is 24.2 Å². The molecule has 1 unspecified atom stereocenters. The lowest BCUT2D eigenvalue weighted by Gasteiger charge is -2.21. The number of rotatable bonds is 7. The summed E-state index contributed by atoms with van der Waals surface area (Å²) in [4.78, 5) is 26.6. The van der Waals surface area contributed by atoms with Gasteiger partial charge >= 0.3 is 0 Å². The zero-order valence-electron chi connectivity index (χ0n) is 17.1. The Hall–Kier alpha value is -3.03. The van der Waals surface area contributed by atoms with Gasteiger partial charge in [-0.3, -0.25) is 9.59 Å². The molecular weight excluding hydrogens is 374 g/mol. The van der Waals surface area contributed by atoms with Crippen molar-refractivity contribution in [2.45, 2.75) is 45.7 Å². The van der Waals surface area contributed by atoms with E-state index in [1.54, 1.807) is 19.2 Å². The molecule has 2 aromatic rings. The number of ether oxygens (including phenoxy) is 2. The molecular formula is C21H27N3O5. The van der Waals surface area contributed by atoms with Crippen LogP contribution in [0.2, 0.25) is 0 Å². The SMILES string of the molecule is COc1ccccc1OCC(=O)NC1CCC(=O)N(Cc2c(C)noc2C)CC1. The molecule has 156 valence electrons. The van der Waals surface area contributed by atoms with Crippen molar-refractivity contribution in [2.75, 3.05) is 20.3 Å². The van der Waals surface area contributed by atoms with Crippen LogP contribution in [0.5, 0.6) is 11.5 Å². The summed E-state index contributed by atoms with van der Waals surface area (Å²) in [6, 6.07) is 7.12. The number of aryl methyl sites for hydroxylation is 2. The average Bonchev–Trinajstić information content (AvgIpc) is 2.93. The zero-order valence-corrected chi connectivity index (χ0v) is 17.1. The van der Waals surface area contributed by atoms with Gasteiger partial charge in [-0.1, -0.05) is 17.3 Å². The number of nitrogens with zero attached hydrogens (tertiary/aromatic N) is 2. The van der Waals surface area contributed by atoms with Crippen LogP contribution in [0.25, 0.3) is 0 Å². The van der Waals surface area contributed by atoms with E-state index >= 15 is 0 Å². The van der Waals surface area contributed by atoms with E-state index in [9.17, 15) is 9.59 Å². The monoisotopic (exact) mass is 401 g/mol. The summed E-state index contributed by atoms with van der Waals surface area (Å²) in [7, 11) is 1.55. The van der Waals surface area contributed by atoms with Gasteiger partial charge in [0.05, 0.1) is 19.3 Å². The standard InChI is InChI=1S/C21H27N3O5/c1-14-17(15(2)29-23-14)12-24-11-10-16(8-9-21(24)26)22-20(25)13-28-19-7-5-4-6-18(19)27-3/h4-7,16H,8-13H2,1-3H3,(H,22,25). The van der Waals surface area contributed by atoms with Crippen LogP contribution in [0, 0.1) is 13.8 Å². The van der Waals surface area contributed by atoms with Gasteiger partial charge in [-0.15, -0.1) is 0 Å². The largest absolute Gasteiger partial charge is 0.493 e. The quantitative estimate of drug-likeness (QED) is 0.766. The summed E-state index contributed by atoms with van der Waals surface area (Å²) >= 11 is 0. The number of benzene rings is 1. The van der Waals surface area contributed by atoms with Gasteiger partial charge in [0.1, 0.15) is 5.76 Å². The van der Waals surface area contributed by atoms with Crippen LogP contribution in [0.4, 0.5) is 0 Å². The molecule has 2 amide bonds. The average molecular weight is 401 g/mol. The molecule has 0 aliphatic carbocycles. The molecule has 1 aromatic heterocycles. The third-order valence-electron chi connectivity index (χ3n) is 5.13. The normalized spacial score (nSPS) is 17.0. The number of aromatic nitrogens is 1. The van der Waals surface area contributed by atoms with E-state index in [-0.39, 0.29) is 24.5 Å². The molecule has 8 nitrogen and oxygen atoms in total. The summed E-state index contributed by atoms with van der Waals surface area (Å²) in [5.41, 5.74) is 1.75. The first-order valence-electron chi connectivity index (χ1n) is 9.72. The van der Waals surface area contributed by atoms with E-state index < -0.39 is 0 Å². The van der Waals surface area contributed by atoms with Crippen molar-refractivity contribution in [1.82, 2.24) is 15.4 Å². The Morgan fingerprint density at radius 1 is 1.28 bits per heavy atom. The Morgan fingerprint density at radius 3 is 2.72 bits per heavy atom. The fourth-order valence-corrected chi connectivity index (χ4v) is 3.42. The number of hydrogen-bond donors (Lipinski definition) is 1. The van der Waals surface area contributed by atoms with Crippen LogP contribution >= 0.6 is 0 Å². The molecule has 0 spiro atoms. The predicted octanol–water partition coefficient (Wildman–Crippen LogP) is 2.38. The van der Waals surface area contributed by atoms with Crippen LogP contribution in [-0.2, 0) is 16.1 Å². The maximum Gasteiger partial charge on any atom is 0.258 e. The lowest BCUT2D eigenvalue weighted by atomic mass is 10.1. The lowest BCUT2D eigenvalue weighted by molar-refractivity contribution is -0.131. The number of carbonyl (C=O) groups is 2. The van der Waals surface area contributed by atoms with Gasteiger partial charge in [0.2, 0.25) is 5.91 Å². The molecule has 1 atom stereocenters. The van der Waals surface area contributed by atoms with Crippen molar-refractivity contribution < 1.29 is 23.6 Å². The number of para-hydroxylation sites is 2. The third kappa shape index (κ3) is 5.28. The highest BCUT2D eigenvalue weighted by Crippen LogP contribution is 2.25. The van der Waals surface area contributed by atoms with Crippen LogP contribution in [-0.4, -0.2) is 48.2 Å². The Kier molecular flexibility index (Phi) is 6.74. The molecule has 1 N–H and O–H groups in total. The molecule has 1 saturated heterocycles. The number of likely N-dealkylation sites (tertiary alicyclic amines) is 1. The maximum atomic E-state index is 12.5. The van der Waals surface area contributed by atoms with E-state index in [0.29, 0.717) is 43.9 Å². The van der Waals surface area contributed by atoms with Gasteiger partial charge in [-0.2, -0.15) is 0 Å². The van der Waals surface area contributed by atoms with E-state index in [1.807, 2.05) is 30.9 Å². The Morgan fingerprint density at radius 2 is 2.03 bits per heavy atom. The van der Waals surface area contributed by atoms with Crippen LogP contribution in [0.3, 0.4) is 0 Å². The molecule has 1 aliphatic heterocycles. The summed E-state index contributed by atoms with van der Waals surface area (Å²) in [6.45, 7) is 4.67. The van der Waals surface area contributed by atoms with Crippen molar-refractivity contribution >= 4 is 11.8 Å². The van der Waals surface area contributed by atoms with Gasteiger partial charge in [0.15, 0.2) is 18.1 Å². The molecule has 0 radical (unpaired) electrons. The fraction of sp³-hybridized carbons (Fsp3) is 0.476. The summed E-state index contributed by atoms with van der Waals surface area (Å²) < 4.78 is 16.0. The highest BCUT2D eigenvalue weighted by molar-refractivity contribution is 5.79. The van der Waals surface area contributed by atoms with Gasteiger partial charge in [-0.25, -0.2) is 0 Å². The molecule has 2 heterocycles. The third-order valence-corrected chi connectivity index (χ3v) is 5.13.